The van der Waals surface area contributed by atoms with E-state index in [1.54, 1.807) is 36.4 Å². The van der Waals surface area contributed by atoms with Crippen molar-refractivity contribution in [2.45, 2.75) is 45.3 Å². The second kappa shape index (κ2) is 14.6. The minimum Gasteiger partial charge on any atom is -0.497 e. The van der Waals surface area contributed by atoms with Gasteiger partial charge in [-0.2, -0.15) is 0 Å². The summed E-state index contributed by atoms with van der Waals surface area (Å²) in [7, 11) is -2.43. The van der Waals surface area contributed by atoms with Crippen LogP contribution in [0.5, 0.6) is 5.75 Å². The van der Waals surface area contributed by atoms with Gasteiger partial charge in [-0.15, -0.1) is 0 Å². The Hall–Kier alpha value is -3.27. The van der Waals surface area contributed by atoms with E-state index in [1.165, 1.54) is 18.1 Å². The third kappa shape index (κ3) is 9.11. The second-order valence-electron chi connectivity index (χ2n) is 9.75. The van der Waals surface area contributed by atoms with Gasteiger partial charge in [0.2, 0.25) is 21.8 Å². The molecule has 41 heavy (non-hydrogen) atoms. The van der Waals surface area contributed by atoms with Crippen LogP contribution in [0.1, 0.15) is 31.4 Å². The lowest BCUT2D eigenvalue weighted by Crippen LogP contribution is -2.54. The molecule has 3 aromatic rings. The number of carbonyl (C=O) groups excluding carboxylic acids is 2. The first-order valence-corrected chi connectivity index (χ1v) is 15.7. The van der Waals surface area contributed by atoms with Crippen molar-refractivity contribution >= 4 is 50.7 Å². The lowest BCUT2D eigenvalue weighted by molar-refractivity contribution is -0.140. The fourth-order valence-corrected chi connectivity index (χ4v) is 5.52. The van der Waals surface area contributed by atoms with Crippen LogP contribution in [0.25, 0.3) is 0 Å². The summed E-state index contributed by atoms with van der Waals surface area (Å²) in [6.45, 7) is 3.24. The standard InChI is InChI=1S/C30H35Cl2N3O5S/c1-5-21(2)33-30(37)28(16-22-10-7-6-8-11-22)34(19-23-14-15-24(31)17-27(23)32)29(36)20-35(41(4,38)39)25-12-9-13-26(18-25)40-3/h6-15,17-18,21,28H,5,16,19-20H2,1-4H3,(H,33,37). The van der Waals surface area contributed by atoms with Crippen LogP contribution in [0.15, 0.2) is 72.8 Å². The van der Waals surface area contributed by atoms with Crippen LogP contribution in [0.2, 0.25) is 10.0 Å². The van der Waals surface area contributed by atoms with E-state index in [9.17, 15) is 18.0 Å². The Morgan fingerprint density at radius 3 is 2.32 bits per heavy atom. The molecule has 220 valence electrons. The summed E-state index contributed by atoms with van der Waals surface area (Å²) in [5.41, 5.74) is 1.66. The van der Waals surface area contributed by atoms with Crippen molar-refractivity contribution in [1.82, 2.24) is 10.2 Å². The maximum absolute atomic E-state index is 14.1. The zero-order chi connectivity index (χ0) is 30.2. The smallest absolute Gasteiger partial charge is 0.244 e. The summed E-state index contributed by atoms with van der Waals surface area (Å²) in [6, 6.07) is 19.6. The minimum absolute atomic E-state index is 0.0457. The monoisotopic (exact) mass is 619 g/mol. The molecule has 8 nitrogen and oxygen atoms in total. The van der Waals surface area contributed by atoms with E-state index in [4.69, 9.17) is 27.9 Å². The Balaban J connectivity index is 2.09. The highest BCUT2D eigenvalue weighted by Crippen LogP contribution is 2.26. The highest BCUT2D eigenvalue weighted by molar-refractivity contribution is 7.92. The normalized spacial score (nSPS) is 12.7. The first kappa shape index (κ1) is 32.2. The van der Waals surface area contributed by atoms with E-state index in [0.717, 1.165) is 16.1 Å². The van der Waals surface area contributed by atoms with Gasteiger partial charge in [-0.05, 0) is 48.7 Å². The molecule has 1 N–H and O–H groups in total. The highest BCUT2D eigenvalue weighted by Gasteiger charge is 2.33. The number of hydrogen-bond donors (Lipinski definition) is 1. The molecule has 0 fully saturated rings. The number of sulfonamides is 1. The van der Waals surface area contributed by atoms with E-state index >= 15 is 0 Å². The van der Waals surface area contributed by atoms with Crippen molar-refractivity contribution < 1.29 is 22.7 Å². The van der Waals surface area contributed by atoms with Crippen LogP contribution >= 0.6 is 23.2 Å². The summed E-state index contributed by atoms with van der Waals surface area (Å²) in [5, 5.41) is 3.74. The van der Waals surface area contributed by atoms with Crippen LogP contribution in [0, 0.1) is 0 Å². The average Bonchev–Trinajstić information content (AvgIpc) is 2.94. The number of benzene rings is 3. The summed E-state index contributed by atoms with van der Waals surface area (Å²) in [4.78, 5) is 29.2. The van der Waals surface area contributed by atoms with Gasteiger partial charge in [-0.25, -0.2) is 8.42 Å². The van der Waals surface area contributed by atoms with Gasteiger partial charge < -0.3 is 15.0 Å². The van der Waals surface area contributed by atoms with Crippen molar-refractivity contribution in [2.24, 2.45) is 0 Å². The number of nitrogens with one attached hydrogen (secondary N) is 1. The molecule has 3 rings (SSSR count). The predicted octanol–water partition coefficient (Wildman–Crippen LogP) is 5.32. The van der Waals surface area contributed by atoms with Gasteiger partial charge >= 0.3 is 0 Å². The molecule has 2 amide bonds. The Bertz CT molecular complexity index is 1450. The molecule has 3 aromatic carbocycles. The highest BCUT2D eigenvalue weighted by atomic mass is 35.5. The predicted molar refractivity (Wildman–Crippen MR) is 164 cm³/mol. The molecular formula is C30H35Cl2N3O5S. The lowest BCUT2D eigenvalue weighted by atomic mass is 10.0. The number of ether oxygens (including phenoxy) is 1. The van der Waals surface area contributed by atoms with E-state index in [0.29, 0.717) is 27.8 Å². The quantitative estimate of drug-likeness (QED) is 0.279. The molecule has 0 saturated heterocycles. The maximum atomic E-state index is 14.1. The lowest BCUT2D eigenvalue weighted by Gasteiger charge is -2.34. The Labute approximate surface area is 252 Å². The summed E-state index contributed by atoms with van der Waals surface area (Å²) < 4.78 is 32.1. The Morgan fingerprint density at radius 1 is 1.00 bits per heavy atom. The van der Waals surface area contributed by atoms with Gasteiger partial charge in [-0.3, -0.25) is 13.9 Å². The Kier molecular flexibility index (Phi) is 11.5. The van der Waals surface area contributed by atoms with E-state index in [2.05, 4.69) is 5.32 Å². The summed E-state index contributed by atoms with van der Waals surface area (Å²) in [6.07, 6.45) is 1.92. The molecule has 0 spiro atoms. The fraction of sp³-hybridized carbons (Fsp3) is 0.333. The van der Waals surface area contributed by atoms with Crippen LogP contribution in [0.3, 0.4) is 0 Å². The number of methoxy groups -OCH3 is 1. The van der Waals surface area contributed by atoms with Gasteiger partial charge in [0.1, 0.15) is 18.3 Å². The van der Waals surface area contributed by atoms with Gasteiger partial charge in [-0.1, -0.05) is 72.6 Å². The van der Waals surface area contributed by atoms with E-state index in [-0.39, 0.29) is 30.6 Å². The summed E-state index contributed by atoms with van der Waals surface area (Å²) >= 11 is 12.6. The molecular weight excluding hydrogens is 585 g/mol. The number of carbonyl (C=O) groups is 2. The first-order chi connectivity index (χ1) is 19.4. The third-order valence-corrected chi connectivity index (χ3v) is 8.38. The topological polar surface area (TPSA) is 96.0 Å². The van der Waals surface area contributed by atoms with Crippen molar-refractivity contribution in [3.8, 4) is 5.75 Å². The van der Waals surface area contributed by atoms with Gasteiger partial charge in [0, 0.05) is 35.1 Å². The van der Waals surface area contributed by atoms with Crippen molar-refractivity contribution in [3.63, 3.8) is 0 Å². The van der Waals surface area contributed by atoms with Crippen molar-refractivity contribution in [1.29, 1.82) is 0 Å². The molecule has 0 heterocycles. The minimum atomic E-state index is -3.90. The van der Waals surface area contributed by atoms with Crippen molar-refractivity contribution in [3.05, 3.63) is 94.0 Å². The number of rotatable bonds is 13. The molecule has 0 bridgehead atoms. The van der Waals surface area contributed by atoms with Gasteiger partial charge in [0.15, 0.2) is 0 Å². The molecule has 0 radical (unpaired) electrons. The molecule has 0 aliphatic rings. The van der Waals surface area contributed by atoms with Gasteiger partial charge in [0.25, 0.3) is 0 Å². The second-order valence-corrected chi connectivity index (χ2v) is 12.5. The Morgan fingerprint density at radius 2 is 1.71 bits per heavy atom. The number of anilines is 1. The third-order valence-electron chi connectivity index (χ3n) is 6.65. The first-order valence-electron chi connectivity index (χ1n) is 13.1. The number of halogens is 2. The molecule has 0 aliphatic carbocycles. The number of amides is 2. The molecule has 0 saturated carbocycles. The average molecular weight is 621 g/mol. The maximum Gasteiger partial charge on any atom is 0.244 e. The largest absolute Gasteiger partial charge is 0.497 e. The van der Waals surface area contributed by atoms with Gasteiger partial charge in [0.05, 0.1) is 19.1 Å². The number of hydrogen-bond acceptors (Lipinski definition) is 5. The van der Waals surface area contributed by atoms with Crippen molar-refractivity contribution in [2.75, 3.05) is 24.2 Å². The molecule has 0 aromatic heterocycles. The zero-order valence-corrected chi connectivity index (χ0v) is 25.8. The van der Waals surface area contributed by atoms with Crippen LogP contribution in [-0.2, 0) is 32.6 Å². The molecule has 0 aliphatic heterocycles. The molecule has 11 heteroatoms. The van der Waals surface area contributed by atoms with E-state index in [1.807, 2.05) is 44.2 Å². The molecule has 2 atom stereocenters. The zero-order valence-electron chi connectivity index (χ0n) is 23.5. The SMILES string of the molecule is CCC(C)NC(=O)C(Cc1ccccc1)N(Cc1ccc(Cl)cc1Cl)C(=O)CN(c1cccc(OC)c1)S(C)(=O)=O. The van der Waals surface area contributed by atoms with E-state index < -0.39 is 28.5 Å². The van der Waals surface area contributed by atoms with Crippen LogP contribution < -0.4 is 14.4 Å². The van der Waals surface area contributed by atoms with Crippen LogP contribution in [0.4, 0.5) is 5.69 Å². The summed E-state index contributed by atoms with van der Waals surface area (Å²) in [5.74, 6) is -0.498. The fourth-order valence-electron chi connectivity index (χ4n) is 4.21. The van der Waals surface area contributed by atoms with Crippen LogP contribution in [-0.4, -0.2) is 57.1 Å². The number of nitrogens with zero attached hydrogens (tertiary/aromatic N) is 2. The molecule has 2 unspecified atom stereocenters.